The first-order valence-corrected chi connectivity index (χ1v) is 19.4. The molecule has 0 spiro atoms. The van der Waals surface area contributed by atoms with Crippen LogP contribution in [-0.2, 0) is 5.41 Å². The van der Waals surface area contributed by atoms with Crippen LogP contribution in [0.4, 0.5) is 0 Å². The molecule has 0 heteroatoms. The molecule has 11 rings (SSSR count). The van der Waals surface area contributed by atoms with E-state index in [2.05, 4.69) is 208 Å². The quantitative estimate of drug-likeness (QED) is 0.157. The van der Waals surface area contributed by atoms with E-state index >= 15 is 0 Å². The number of fused-ring (bicyclic) bond motifs is 3. The fourth-order valence-electron chi connectivity index (χ4n) is 9.64. The summed E-state index contributed by atoms with van der Waals surface area (Å²) in [4.78, 5) is 0. The minimum atomic E-state index is -0.0881. The standard InChI is InChI=1S/C55H38/c1-55(2)51-24-14-13-23-45(51)46-29-27-38(33-52(46)55)49-34-50-44(42-22-12-10-20-40(42)36-17-7-4-8-18-36)28-25-37-26-30-47-43(31-32-48(49)54(47)53(37)50)41-21-11-9-19-39(41)35-15-5-3-6-16-35/h3-34H,1-2H3. The minimum absolute atomic E-state index is 0.0881. The van der Waals surface area contributed by atoms with Crippen LogP contribution in [0.2, 0.25) is 0 Å². The van der Waals surface area contributed by atoms with Gasteiger partial charge in [-0.2, -0.15) is 0 Å². The first-order valence-electron chi connectivity index (χ1n) is 19.4. The third-order valence-corrected chi connectivity index (χ3v) is 12.3. The molecule has 0 fully saturated rings. The second-order valence-corrected chi connectivity index (χ2v) is 15.6. The molecule has 0 unspecified atom stereocenters. The number of hydrogen-bond acceptors (Lipinski definition) is 0. The summed E-state index contributed by atoms with van der Waals surface area (Å²) >= 11 is 0. The third kappa shape index (κ3) is 4.78. The van der Waals surface area contributed by atoms with Gasteiger partial charge in [-0.15, -0.1) is 0 Å². The molecule has 0 aliphatic heterocycles. The Labute approximate surface area is 322 Å². The van der Waals surface area contributed by atoms with Crippen LogP contribution < -0.4 is 0 Å². The molecular weight excluding hydrogens is 661 g/mol. The van der Waals surface area contributed by atoms with E-state index in [1.165, 1.54) is 110 Å². The van der Waals surface area contributed by atoms with Gasteiger partial charge >= 0.3 is 0 Å². The van der Waals surface area contributed by atoms with Crippen molar-refractivity contribution in [1.82, 2.24) is 0 Å². The van der Waals surface area contributed by atoms with E-state index in [-0.39, 0.29) is 5.41 Å². The van der Waals surface area contributed by atoms with E-state index in [1.54, 1.807) is 0 Å². The lowest BCUT2D eigenvalue weighted by Gasteiger charge is -2.23. The molecule has 10 aromatic carbocycles. The van der Waals surface area contributed by atoms with Gasteiger partial charge in [0.25, 0.3) is 0 Å². The summed E-state index contributed by atoms with van der Waals surface area (Å²) in [6.07, 6.45) is 0. The molecule has 0 saturated heterocycles. The molecule has 0 N–H and O–H groups in total. The van der Waals surface area contributed by atoms with E-state index in [4.69, 9.17) is 0 Å². The molecule has 0 saturated carbocycles. The van der Waals surface area contributed by atoms with E-state index in [9.17, 15) is 0 Å². The van der Waals surface area contributed by atoms with Crippen LogP contribution in [0.15, 0.2) is 194 Å². The van der Waals surface area contributed by atoms with Crippen LogP contribution in [0.1, 0.15) is 25.0 Å². The predicted octanol–water partition coefficient (Wildman–Crippen LogP) is 15.2. The molecule has 0 radical (unpaired) electrons. The second kappa shape index (κ2) is 12.1. The molecule has 0 bridgehead atoms. The fourth-order valence-corrected chi connectivity index (χ4v) is 9.64. The van der Waals surface area contributed by atoms with Crippen molar-refractivity contribution < 1.29 is 0 Å². The van der Waals surface area contributed by atoms with Crippen molar-refractivity contribution in [2.24, 2.45) is 0 Å². The number of rotatable bonds is 5. The molecule has 55 heavy (non-hydrogen) atoms. The van der Waals surface area contributed by atoms with Gasteiger partial charge in [-0.1, -0.05) is 196 Å². The Morgan fingerprint density at radius 3 is 1.42 bits per heavy atom. The summed E-state index contributed by atoms with van der Waals surface area (Å²) in [6.45, 7) is 4.76. The van der Waals surface area contributed by atoms with Gasteiger partial charge in [0, 0.05) is 5.41 Å². The summed E-state index contributed by atoms with van der Waals surface area (Å²) in [5, 5.41) is 7.76. The average molecular weight is 699 g/mol. The highest BCUT2D eigenvalue weighted by atomic mass is 14.4. The first kappa shape index (κ1) is 31.7. The Hall–Kier alpha value is -6.76. The average Bonchev–Trinajstić information content (AvgIpc) is 3.48. The summed E-state index contributed by atoms with van der Waals surface area (Å²) in [6, 6.07) is 72.2. The third-order valence-electron chi connectivity index (χ3n) is 12.3. The van der Waals surface area contributed by atoms with Crippen molar-refractivity contribution in [3.05, 3.63) is 205 Å². The number of benzene rings is 10. The Morgan fingerprint density at radius 1 is 0.273 bits per heavy atom. The Bertz CT molecular complexity index is 3090. The van der Waals surface area contributed by atoms with Gasteiger partial charge in [0.05, 0.1) is 0 Å². The molecule has 1 aliphatic rings. The van der Waals surface area contributed by atoms with Crippen LogP contribution in [0, 0.1) is 0 Å². The normalized spacial score (nSPS) is 13.1. The molecule has 258 valence electrons. The summed E-state index contributed by atoms with van der Waals surface area (Å²) in [5.41, 5.74) is 17.9. The van der Waals surface area contributed by atoms with E-state index in [0.717, 1.165) is 0 Å². The van der Waals surface area contributed by atoms with Crippen molar-refractivity contribution in [1.29, 1.82) is 0 Å². The molecule has 0 atom stereocenters. The summed E-state index contributed by atoms with van der Waals surface area (Å²) in [7, 11) is 0. The van der Waals surface area contributed by atoms with Crippen molar-refractivity contribution in [2.75, 3.05) is 0 Å². The Morgan fingerprint density at radius 2 is 0.745 bits per heavy atom. The lowest BCUT2D eigenvalue weighted by molar-refractivity contribution is 0.660. The van der Waals surface area contributed by atoms with E-state index < -0.39 is 0 Å². The van der Waals surface area contributed by atoms with E-state index in [1.807, 2.05) is 0 Å². The zero-order chi connectivity index (χ0) is 36.7. The summed E-state index contributed by atoms with van der Waals surface area (Å²) < 4.78 is 0. The molecule has 1 aliphatic carbocycles. The van der Waals surface area contributed by atoms with Gasteiger partial charge in [-0.05, 0) is 122 Å². The van der Waals surface area contributed by atoms with Crippen molar-refractivity contribution in [3.63, 3.8) is 0 Å². The maximum absolute atomic E-state index is 2.50. The van der Waals surface area contributed by atoms with Gasteiger partial charge in [0.2, 0.25) is 0 Å². The monoisotopic (exact) mass is 698 g/mol. The van der Waals surface area contributed by atoms with Gasteiger partial charge in [0.1, 0.15) is 0 Å². The predicted molar refractivity (Wildman–Crippen MR) is 235 cm³/mol. The fraction of sp³-hybridized carbons (Fsp3) is 0.0545. The van der Waals surface area contributed by atoms with Crippen molar-refractivity contribution >= 4 is 32.3 Å². The lowest BCUT2D eigenvalue weighted by Crippen LogP contribution is -2.14. The van der Waals surface area contributed by atoms with Gasteiger partial charge < -0.3 is 0 Å². The highest BCUT2D eigenvalue weighted by molar-refractivity contribution is 6.31. The van der Waals surface area contributed by atoms with Crippen molar-refractivity contribution in [3.8, 4) is 66.8 Å². The first-order chi connectivity index (χ1) is 27.1. The molecule has 0 nitrogen and oxygen atoms in total. The molecule has 0 aromatic heterocycles. The zero-order valence-corrected chi connectivity index (χ0v) is 31.0. The van der Waals surface area contributed by atoms with Crippen LogP contribution >= 0.6 is 0 Å². The molecule has 0 amide bonds. The van der Waals surface area contributed by atoms with E-state index in [0.29, 0.717) is 0 Å². The maximum Gasteiger partial charge on any atom is 0.0159 e. The lowest BCUT2D eigenvalue weighted by atomic mass is 9.80. The Kier molecular flexibility index (Phi) is 7.00. The van der Waals surface area contributed by atoms with Crippen LogP contribution in [0.3, 0.4) is 0 Å². The van der Waals surface area contributed by atoms with Gasteiger partial charge in [-0.3, -0.25) is 0 Å². The van der Waals surface area contributed by atoms with Crippen LogP contribution in [0.5, 0.6) is 0 Å². The smallest absolute Gasteiger partial charge is 0.0159 e. The SMILES string of the molecule is CC1(C)c2ccccc2-c2ccc(-c3cc4c(-c5ccccc5-c5ccccc5)ccc5ccc6c(-c7ccccc7-c7ccccc7)ccc3c6c54)cc21. The Balaban J connectivity index is 1.24. The minimum Gasteiger partial charge on any atom is -0.0622 e. The van der Waals surface area contributed by atoms with Crippen molar-refractivity contribution in [2.45, 2.75) is 19.3 Å². The molecule has 0 heterocycles. The largest absolute Gasteiger partial charge is 0.0622 e. The molecular formula is C55H38. The van der Waals surface area contributed by atoms with Crippen LogP contribution in [-0.4, -0.2) is 0 Å². The topological polar surface area (TPSA) is 0 Å². The number of hydrogen-bond donors (Lipinski definition) is 0. The van der Waals surface area contributed by atoms with Gasteiger partial charge in [-0.25, -0.2) is 0 Å². The highest BCUT2D eigenvalue weighted by Gasteiger charge is 2.35. The van der Waals surface area contributed by atoms with Crippen LogP contribution in [0.25, 0.3) is 99.1 Å². The second-order valence-electron chi connectivity index (χ2n) is 15.6. The zero-order valence-electron chi connectivity index (χ0n) is 31.0. The maximum atomic E-state index is 2.50. The molecule has 10 aromatic rings. The van der Waals surface area contributed by atoms with Gasteiger partial charge in [0.15, 0.2) is 0 Å². The summed E-state index contributed by atoms with van der Waals surface area (Å²) in [5.74, 6) is 0. The highest BCUT2D eigenvalue weighted by Crippen LogP contribution is 2.52.